The molecular weight excluding hydrogens is 348 g/mol. The maximum atomic E-state index is 13.1. The highest BCUT2D eigenvalue weighted by Gasteiger charge is 2.29. The number of rotatable bonds is 3. The fraction of sp³-hybridized carbons (Fsp3) is 0.444. The van der Waals surface area contributed by atoms with Crippen molar-refractivity contribution in [2.45, 2.75) is 39.2 Å². The van der Waals surface area contributed by atoms with E-state index in [1.54, 1.807) is 22.8 Å². The lowest BCUT2D eigenvalue weighted by Crippen LogP contribution is -2.45. The third-order valence-electron chi connectivity index (χ3n) is 5.15. The molecule has 2 atom stereocenters. The van der Waals surface area contributed by atoms with Gasteiger partial charge in [0.15, 0.2) is 10.7 Å². The number of hydrogen-bond acceptors (Lipinski definition) is 6. The van der Waals surface area contributed by atoms with Crippen molar-refractivity contribution in [2.75, 3.05) is 12.3 Å². The number of carbonyl (C=O) groups is 1. The van der Waals surface area contributed by atoms with Crippen molar-refractivity contribution in [1.82, 2.24) is 24.5 Å². The zero-order chi connectivity index (χ0) is 18.3. The van der Waals surface area contributed by atoms with Crippen LogP contribution in [0.25, 0.3) is 16.5 Å². The summed E-state index contributed by atoms with van der Waals surface area (Å²) in [6.45, 7) is 5.10. The van der Waals surface area contributed by atoms with Crippen LogP contribution in [0.3, 0.4) is 0 Å². The highest BCUT2D eigenvalue weighted by atomic mass is 32.1. The molecule has 136 valence electrons. The summed E-state index contributed by atoms with van der Waals surface area (Å²) < 4.78 is 1.56. The molecule has 3 aromatic rings. The number of nitrogens with zero attached hydrogens (tertiary/aromatic N) is 5. The molecule has 4 rings (SSSR count). The lowest BCUT2D eigenvalue weighted by Gasteiger charge is -2.38. The molecule has 1 aliphatic heterocycles. The van der Waals surface area contributed by atoms with Gasteiger partial charge in [0, 0.05) is 29.7 Å². The Bertz CT molecular complexity index is 935. The molecule has 0 aliphatic carbocycles. The summed E-state index contributed by atoms with van der Waals surface area (Å²) in [6, 6.07) is 3.70. The molecule has 2 N–H and O–H groups in total. The number of piperidine rings is 1. The number of nitrogen functional groups attached to an aromatic ring is 1. The predicted octanol–water partition coefficient (Wildman–Crippen LogP) is 3.09. The zero-order valence-corrected chi connectivity index (χ0v) is 15.7. The third kappa shape index (κ3) is 2.94. The van der Waals surface area contributed by atoms with Crippen molar-refractivity contribution in [1.29, 1.82) is 0 Å². The van der Waals surface area contributed by atoms with Gasteiger partial charge in [-0.15, -0.1) is 16.4 Å². The Kier molecular flexibility index (Phi) is 4.36. The van der Waals surface area contributed by atoms with E-state index in [9.17, 15) is 4.79 Å². The average molecular weight is 370 g/mol. The number of pyridine rings is 1. The van der Waals surface area contributed by atoms with Gasteiger partial charge in [-0.3, -0.25) is 4.79 Å². The second-order valence-corrected chi connectivity index (χ2v) is 7.76. The zero-order valence-electron chi connectivity index (χ0n) is 14.9. The van der Waals surface area contributed by atoms with Gasteiger partial charge in [0.2, 0.25) is 5.82 Å². The molecule has 0 saturated carbocycles. The van der Waals surface area contributed by atoms with E-state index in [1.807, 2.05) is 10.3 Å². The molecule has 0 bridgehead atoms. The first-order valence-corrected chi connectivity index (χ1v) is 9.82. The number of amides is 1. The predicted molar refractivity (Wildman–Crippen MR) is 102 cm³/mol. The van der Waals surface area contributed by atoms with Crippen molar-refractivity contribution in [3.8, 4) is 10.8 Å². The maximum absolute atomic E-state index is 13.1. The highest BCUT2D eigenvalue weighted by Crippen LogP contribution is 2.27. The molecule has 3 aromatic heterocycles. The van der Waals surface area contributed by atoms with E-state index in [0.29, 0.717) is 28.8 Å². The summed E-state index contributed by atoms with van der Waals surface area (Å²) in [7, 11) is 0. The first-order valence-electron chi connectivity index (χ1n) is 8.94. The molecule has 0 aromatic carbocycles. The van der Waals surface area contributed by atoms with Crippen LogP contribution >= 0.6 is 11.3 Å². The van der Waals surface area contributed by atoms with Crippen LogP contribution in [0.4, 0.5) is 5.82 Å². The first-order chi connectivity index (χ1) is 12.6. The van der Waals surface area contributed by atoms with Crippen LogP contribution in [0.15, 0.2) is 23.7 Å². The van der Waals surface area contributed by atoms with Crippen molar-refractivity contribution < 1.29 is 4.79 Å². The van der Waals surface area contributed by atoms with Gasteiger partial charge in [-0.2, -0.15) is 4.52 Å². The average Bonchev–Trinajstić information content (AvgIpc) is 3.31. The van der Waals surface area contributed by atoms with E-state index < -0.39 is 0 Å². The van der Waals surface area contributed by atoms with E-state index in [4.69, 9.17) is 5.73 Å². The molecule has 2 unspecified atom stereocenters. The summed E-state index contributed by atoms with van der Waals surface area (Å²) in [4.78, 5) is 23.8. The lowest BCUT2D eigenvalue weighted by atomic mass is 9.91. The van der Waals surface area contributed by atoms with Crippen LogP contribution in [0.1, 0.15) is 43.5 Å². The molecule has 1 saturated heterocycles. The van der Waals surface area contributed by atoms with Gasteiger partial charge in [-0.1, -0.05) is 13.3 Å². The summed E-state index contributed by atoms with van der Waals surface area (Å²) in [5, 5.41) is 7.02. The first kappa shape index (κ1) is 17.0. The van der Waals surface area contributed by atoms with Gasteiger partial charge >= 0.3 is 0 Å². The Balaban J connectivity index is 1.69. The molecule has 0 spiro atoms. The second-order valence-electron chi connectivity index (χ2n) is 6.87. The molecule has 7 nitrogen and oxygen atoms in total. The molecule has 26 heavy (non-hydrogen) atoms. The van der Waals surface area contributed by atoms with Gasteiger partial charge in [-0.25, -0.2) is 9.97 Å². The molecule has 4 heterocycles. The largest absolute Gasteiger partial charge is 0.384 e. The van der Waals surface area contributed by atoms with Crippen molar-refractivity contribution in [3.63, 3.8) is 0 Å². The number of hydrogen-bond donors (Lipinski definition) is 1. The van der Waals surface area contributed by atoms with Crippen LogP contribution < -0.4 is 5.73 Å². The third-order valence-corrected chi connectivity index (χ3v) is 5.92. The minimum Gasteiger partial charge on any atom is -0.384 e. The Hall–Kier alpha value is -2.48. The van der Waals surface area contributed by atoms with Gasteiger partial charge in [0.25, 0.3) is 5.91 Å². The van der Waals surface area contributed by atoms with Crippen molar-refractivity contribution in [3.05, 3.63) is 29.3 Å². The number of likely N-dealkylation sites (tertiary alicyclic amines) is 1. The summed E-state index contributed by atoms with van der Waals surface area (Å²) in [5.74, 6) is 1.51. The summed E-state index contributed by atoms with van der Waals surface area (Å²) >= 11 is 1.47. The summed E-state index contributed by atoms with van der Waals surface area (Å²) in [6.07, 6.45) is 5.04. The number of anilines is 1. The molecule has 8 heteroatoms. The van der Waals surface area contributed by atoms with Crippen molar-refractivity contribution in [2.24, 2.45) is 5.92 Å². The molecule has 1 aliphatic rings. The fourth-order valence-electron chi connectivity index (χ4n) is 3.52. The second kappa shape index (κ2) is 6.68. The Morgan fingerprint density at radius 3 is 2.96 bits per heavy atom. The van der Waals surface area contributed by atoms with E-state index in [2.05, 4.69) is 28.9 Å². The van der Waals surface area contributed by atoms with E-state index in [1.165, 1.54) is 17.8 Å². The number of thiazole rings is 1. The van der Waals surface area contributed by atoms with Crippen LogP contribution in [0, 0.1) is 5.92 Å². The maximum Gasteiger partial charge on any atom is 0.254 e. The highest BCUT2D eigenvalue weighted by molar-refractivity contribution is 7.13. The summed E-state index contributed by atoms with van der Waals surface area (Å²) in [5.41, 5.74) is 7.28. The van der Waals surface area contributed by atoms with Crippen LogP contribution in [0.2, 0.25) is 0 Å². The van der Waals surface area contributed by atoms with Crippen LogP contribution in [0.5, 0.6) is 0 Å². The quantitative estimate of drug-likeness (QED) is 0.765. The minimum absolute atomic E-state index is 0.0173. The Morgan fingerprint density at radius 1 is 1.38 bits per heavy atom. The van der Waals surface area contributed by atoms with E-state index in [-0.39, 0.29) is 11.9 Å². The number of nitrogens with two attached hydrogens (primary N) is 1. The van der Waals surface area contributed by atoms with E-state index >= 15 is 0 Å². The van der Waals surface area contributed by atoms with Crippen LogP contribution in [-0.4, -0.2) is 43.0 Å². The topological polar surface area (TPSA) is 89.4 Å². The molecule has 1 amide bonds. The van der Waals surface area contributed by atoms with Gasteiger partial charge in [0.05, 0.1) is 0 Å². The van der Waals surface area contributed by atoms with Crippen molar-refractivity contribution >= 4 is 28.7 Å². The van der Waals surface area contributed by atoms with Gasteiger partial charge in [-0.05, 0) is 37.8 Å². The standard InChI is InChI=1S/C18H22N6OS/c1-3-12-5-4-11(2)23(10-12)18(25)13-8-14(19)24-15(9-13)21-16(22-24)17-20-6-7-26-17/h6-9,11-12H,3-5,10,19H2,1-2H3. The number of carbonyl (C=O) groups excluding carboxylic acids is 1. The lowest BCUT2D eigenvalue weighted by molar-refractivity contribution is 0.0556. The van der Waals surface area contributed by atoms with Gasteiger partial charge in [0.1, 0.15) is 5.82 Å². The van der Waals surface area contributed by atoms with E-state index in [0.717, 1.165) is 24.4 Å². The normalized spacial score (nSPS) is 20.6. The molecule has 0 radical (unpaired) electrons. The smallest absolute Gasteiger partial charge is 0.254 e. The fourth-order valence-corrected chi connectivity index (χ4v) is 4.09. The SMILES string of the molecule is CCC1CCC(C)N(C(=O)c2cc(N)n3nc(-c4nccs4)nc3c2)C1. The molecule has 1 fully saturated rings. The number of fused-ring (bicyclic) bond motifs is 1. The number of aromatic nitrogens is 4. The Morgan fingerprint density at radius 2 is 2.23 bits per heavy atom. The van der Waals surface area contributed by atoms with Gasteiger partial charge < -0.3 is 10.6 Å². The monoisotopic (exact) mass is 370 g/mol. The minimum atomic E-state index is 0.0173. The van der Waals surface area contributed by atoms with Crippen LogP contribution in [-0.2, 0) is 0 Å². The Labute approximate surface area is 155 Å². The molecular formula is C18H22N6OS.